The van der Waals surface area contributed by atoms with Gasteiger partial charge in [0.25, 0.3) is 5.91 Å². The predicted octanol–water partition coefficient (Wildman–Crippen LogP) is 5.21. The number of benzene rings is 2. The van der Waals surface area contributed by atoms with Crippen LogP contribution in [0.5, 0.6) is 5.75 Å². The van der Waals surface area contributed by atoms with E-state index < -0.39 is 11.5 Å². The summed E-state index contributed by atoms with van der Waals surface area (Å²) in [6, 6.07) is 17.3. The van der Waals surface area contributed by atoms with E-state index in [-0.39, 0.29) is 23.7 Å². The van der Waals surface area contributed by atoms with Gasteiger partial charge in [-0.05, 0) is 65.9 Å². The number of carbonyl (C=O) groups is 2. The van der Waals surface area contributed by atoms with Crippen LogP contribution in [-0.4, -0.2) is 34.3 Å². The molecule has 2 heterocycles. The number of amides is 2. The molecule has 0 fully saturated rings. The summed E-state index contributed by atoms with van der Waals surface area (Å²) in [6.45, 7) is 8.50. The fourth-order valence-corrected chi connectivity index (χ4v) is 4.60. The molecule has 2 atom stereocenters. The fourth-order valence-electron chi connectivity index (χ4n) is 4.60. The van der Waals surface area contributed by atoms with Gasteiger partial charge in [-0.1, -0.05) is 52.0 Å². The quantitative estimate of drug-likeness (QED) is 0.480. The third-order valence-corrected chi connectivity index (χ3v) is 6.55. The largest absolute Gasteiger partial charge is 0.481 e. The van der Waals surface area contributed by atoms with Gasteiger partial charge in [0.2, 0.25) is 5.91 Å². The zero-order chi connectivity index (χ0) is 26.6. The van der Waals surface area contributed by atoms with Crippen LogP contribution in [-0.2, 0) is 22.6 Å². The van der Waals surface area contributed by atoms with Crippen molar-refractivity contribution in [3.8, 4) is 5.75 Å². The maximum Gasteiger partial charge on any atom is 0.261 e. The summed E-state index contributed by atoms with van der Waals surface area (Å²) in [5.41, 5.74) is 3.06. The number of aromatic nitrogens is 1. The average Bonchev–Trinajstić information content (AvgIpc) is 2.89. The molecule has 1 aromatic heterocycles. The molecule has 4 rings (SSSR count). The Kier molecular flexibility index (Phi) is 7.91. The van der Waals surface area contributed by atoms with Gasteiger partial charge in [-0.3, -0.25) is 14.6 Å². The molecular weight excluding hydrogens is 469 g/mol. The van der Waals surface area contributed by atoms with Crippen molar-refractivity contribution in [3.05, 3.63) is 95.1 Å². The first-order valence-electron chi connectivity index (χ1n) is 12.7. The van der Waals surface area contributed by atoms with Crippen molar-refractivity contribution in [1.29, 1.82) is 0 Å². The van der Waals surface area contributed by atoms with Crippen LogP contribution in [0.4, 0.5) is 4.39 Å². The second-order valence-electron chi connectivity index (χ2n) is 10.4. The van der Waals surface area contributed by atoms with Gasteiger partial charge in [0.05, 0.1) is 18.3 Å². The van der Waals surface area contributed by atoms with Crippen LogP contribution in [0.1, 0.15) is 62.5 Å². The van der Waals surface area contributed by atoms with Gasteiger partial charge in [0, 0.05) is 18.2 Å². The number of nitrogens with zero attached hydrogens (tertiary/aromatic N) is 2. The Hall–Kier alpha value is -3.74. The summed E-state index contributed by atoms with van der Waals surface area (Å²) in [5, 5.41) is 2.90. The van der Waals surface area contributed by atoms with Crippen molar-refractivity contribution in [2.75, 3.05) is 6.54 Å². The van der Waals surface area contributed by atoms with E-state index in [9.17, 15) is 14.0 Å². The van der Waals surface area contributed by atoms with Crippen LogP contribution in [0.15, 0.2) is 66.9 Å². The summed E-state index contributed by atoms with van der Waals surface area (Å²) >= 11 is 0. The molecule has 1 aliphatic heterocycles. The number of fused-ring (bicyclic) bond motifs is 1. The van der Waals surface area contributed by atoms with Gasteiger partial charge in [0.1, 0.15) is 11.6 Å². The molecule has 3 aromatic rings. The van der Waals surface area contributed by atoms with E-state index in [0.29, 0.717) is 31.7 Å². The van der Waals surface area contributed by atoms with E-state index >= 15 is 0 Å². The van der Waals surface area contributed by atoms with Crippen LogP contribution in [0.25, 0.3) is 0 Å². The summed E-state index contributed by atoms with van der Waals surface area (Å²) in [4.78, 5) is 32.4. The molecule has 7 heteroatoms. The van der Waals surface area contributed by atoms with Gasteiger partial charge in [-0.15, -0.1) is 0 Å². The lowest BCUT2D eigenvalue weighted by Crippen LogP contribution is -2.45. The van der Waals surface area contributed by atoms with Crippen molar-refractivity contribution in [2.45, 2.75) is 59.2 Å². The number of halogens is 1. The molecule has 1 N–H and O–H groups in total. The van der Waals surface area contributed by atoms with E-state index in [2.05, 4.69) is 10.3 Å². The smallest absolute Gasteiger partial charge is 0.261 e. The Bertz CT molecular complexity index is 1240. The Labute approximate surface area is 217 Å². The third kappa shape index (κ3) is 6.16. The number of ether oxygens (including phenoxy) is 1. The average molecular weight is 504 g/mol. The first-order chi connectivity index (χ1) is 17.7. The Morgan fingerprint density at radius 3 is 2.54 bits per heavy atom. The van der Waals surface area contributed by atoms with Crippen LogP contribution < -0.4 is 10.1 Å². The number of nitrogens with one attached hydrogen (secondary N) is 1. The first kappa shape index (κ1) is 26.3. The van der Waals surface area contributed by atoms with Crippen molar-refractivity contribution < 1.29 is 18.7 Å². The number of hydrogen-bond donors (Lipinski definition) is 1. The lowest BCUT2D eigenvalue weighted by molar-refractivity contribution is -0.141. The SMILES string of the molecule is CC[C@@H](Oc1ccc2c(c1)[C@@H](c1ccc(F)cc1)N(C(=O)C(C)(C)C)CC2)C(=O)NCc1ccccn1. The summed E-state index contributed by atoms with van der Waals surface area (Å²) in [7, 11) is 0. The fraction of sp³-hybridized carbons (Fsp3) is 0.367. The standard InChI is InChI=1S/C30H34FN3O3/c1-5-26(28(35)33-19-23-8-6-7-16-32-23)37-24-14-11-20-15-17-34(29(36)30(2,3)4)27(25(20)18-24)21-9-12-22(31)13-10-21/h6-14,16,18,26-27H,5,15,17,19H2,1-4H3,(H,33,35)/t26-,27-/m1/s1. The molecule has 6 nitrogen and oxygen atoms in total. The van der Waals surface area contributed by atoms with Gasteiger partial charge >= 0.3 is 0 Å². The molecule has 0 unspecified atom stereocenters. The topological polar surface area (TPSA) is 71.5 Å². The highest BCUT2D eigenvalue weighted by molar-refractivity contribution is 5.83. The Morgan fingerprint density at radius 1 is 1.14 bits per heavy atom. The van der Waals surface area contributed by atoms with E-state index in [4.69, 9.17) is 4.74 Å². The van der Waals surface area contributed by atoms with E-state index in [1.807, 2.05) is 69.0 Å². The number of rotatable bonds is 7. The number of carbonyl (C=O) groups excluding carboxylic acids is 2. The maximum absolute atomic E-state index is 13.7. The van der Waals surface area contributed by atoms with Gasteiger partial charge in [-0.25, -0.2) is 4.39 Å². The molecule has 0 saturated carbocycles. The minimum Gasteiger partial charge on any atom is -0.481 e. The molecule has 194 valence electrons. The van der Waals surface area contributed by atoms with E-state index in [1.54, 1.807) is 18.3 Å². The molecule has 2 aromatic carbocycles. The molecule has 0 saturated heterocycles. The first-order valence-corrected chi connectivity index (χ1v) is 12.7. The molecular formula is C30H34FN3O3. The zero-order valence-electron chi connectivity index (χ0n) is 21.8. The molecule has 0 aliphatic carbocycles. The van der Waals surface area contributed by atoms with Gasteiger partial charge < -0.3 is 15.0 Å². The van der Waals surface area contributed by atoms with Crippen molar-refractivity contribution in [1.82, 2.24) is 15.2 Å². The second kappa shape index (κ2) is 11.1. The highest BCUT2D eigenvalue weighted by Crippen LogP contribution is 2.39. The monoisotopic (exact) mass is 503 g/mol. The van der Waals surface area contributed by atoms with Crippen molar-refractivity contribution in [3.63, 3.8) is 0 Å². The van der Waals surface area contributed by atoms with E-state index in [1.165, 1.54) is 12.1 Å². The predicted molar refractivity (Wildman–Crippen MR) is 140 cm³/mol. The number of pyridine rings is 1. The molecule has 0 radical (unpaired) electrons. The van der Waals surface area contributed by atoms with Crippen LogP contribution in [0, 0.1) is 11.2 Å². The lowest BCUT2D eigenvalue weighted by Gasteiger charge is -2.41. The van der Waals surface area contributed by atoms with Crippen molar-refractivity contribution >= 4 is 11.8 Å². The summed E-state index contributed by atoms with van der Waals surface area (Å²) in [6.07, 6.45) is 2.20. The highest BCUT2D eigenvalue weighted by Gasteiger charge is 2.37. The molecule has 0 bridgehead atoms. The Balaban J connectivity index is 1.61. The van der Waals surface area contributed by atoms with Gasteiger partial charge in [0.15, 0.2) is 6.10 Å². The van der Waals surface area contributed by atoms with Crippen LogP contribution in [0.2, 0.25) is 0 Å². The summed E-state index contributed by atoms with van der Waals surface area (Å²) in [5.74, 6) is 0.0356. The van der Waals surface area contributed by atoms with Crippen molar-refractivity contribution in [2.24, 2.45) is 5.41 Å². The van der Waals surface area contributed by atoms with E-state index in [0.717, 1.165) is 22.4 Å². The van der Waals surface area contributed by atoms with Gasteiger partial charge in [-0.2, -0.15) is 0 Å². The minimum absolute atomic E-state index is 0.0270. The number of hydrogen-bond acceptors (Lipinski definition) is 4. The minimum atomic E-state index is -0.679. The molecule has 2 amide bonds. The normalized spacial score (nSPS) is 16.0. The zero-order valence-corrected chi connectivity index (χ0v) is 21.8. The molecule has 1 aliphatic rings. The molecule has 0 spiro atoms. The maximum atomic E-state index is 13.7. The molecule has 37 heavy (non-hydrogen) atoms. The highest BCUT2D eigenvalue weighted by atomic mass is 19.1. The second-order valence-corrected chi connectivity index (χ2v) is 10.4. The Morgan fingerprint density at radius 2 is 1.89 bits per heavy atom. The third-order valence-electron chi connectivity index (χ3n) is 6.55. The van der Waals surface area contributed by atoms with Crippen LogP contribution in [0.3, 0.4) is 0 Å². The lowest BCUT2D eigenvalue weighted by atomic mass is 9.85. The van der Waals surface area contributed by atoms with Crippen LogP contribution >= 0.6 is 0 Å². The summed E-state index contributed by atoms with van der Waals surface area (Å²) < 4.78 is 19.9.